The minimum atomic E-state index is -0.423. The van der Waals surface area contributed by atoms with Crippen molar-refractivity contribution in [2.75, 3.05) is 12.4 Å². The molecular weight excluding hydrogens is 318 g/mol. The molecule has 0 aromatic carbocycles. The number of carbonyl (C=O) groups excluding carboxylic acids is 2. The fourth-order valence-electron chi connectivity index (χ4n) is 2.22. The molecule has 0 radical (unpaired) electrons. The summed E-state index contributed by atoms with van der Waals surface area (Å²) < 4.78 is 7.02. The number of ether oxygens (including phenoxy) is 1. The zero-order chi connectivity index (χ0) is 17.0. The van der Waals surface area contributed by atoms with Gasteiger partial charge in [-0.15, -0.1) is 10.2 Å². The van der Waals surface area contributed by atoms with Gasteiger partial charge >= 0.3 is 12.0 Å². The van der Waals surface area contributed by atoms with Gasteiger partial charge in [0, 0.05) is 17.5 Å². The van der Waals surface area contributed by atoms with Crippen LogP contribution in [0, 0.1) is 0 Å². The first-order valence-electron chi connectivity index (χ1n) is 7.44. The number of nitrogens with one attached hydrogen (secondary N) is 2. The molecule has 2 rings (SSSR count). The van der Waals surface area contributed by atoms with Gasteiger partial charge in [0.2, 0.25) is 0 Å². The Bertz CT molecular complexity index is 626. The number of aromatic nitrogens is 3. The molecule has 126 valence electrons. The Labute approximate surface area is 139 Å². The summed E-state index contributed by atoms with van der Waals surface area (Å²) >= 11 is 1.41. The third-order valence-corrected chi connectivity index (χ3v) is 4.29. The fourth-order valence-corrected chi connectivity index (χ4v) is 3.23. The van der Waals surface area contributed by atoms with E-state index in [1.165, 1.54) is 11.8 Å². The smallest absolute Gasteiger partial charge is 0.337 e. The predicted octanol–water partition coefficient (Wildman–Crippen LogP) is 1.47. The lowest BCUT2D eigenvalue weighted by molar-refractivity contribution is -0.138. The highest BCUT2D eigenvalue weighted by molar-refractivity contribution is 7.99. The van der Waals surface area contributed by atoms with E-state index >= 15 is 0 Å². The molecule has 2 heterocycles. The van der Waals surface area contributed by atoms with Gasteiger partial charge in [-0.2, -0.15) is 0 Å². The lowest BCUT2D eigenvalue weighted by atomic mass is 10.1. The molecule has 9 heteroatoms. The summed E-state index contributed by atoms with van der Waals surface area (Å²) in [7, 11) is 0. The van der Waals surface area contributed by atoms with Gasteiger partial charge in [-0.05, 0) is 27.7 Å². The van der Waals surface area contributed by atoms with Crippen molar-refractivity contribution in [2.45, 2.75) is 44.9 Å². The number of amides is 2. The summed E-state index contributed by atoms with van der Waals surface area (Å²) in [5.74, 6) is -0.0226. The first-order valence-corrected chi connectivity index (χ1v) is 8.42. The molecular formula is C14H21N5O3S. The monoisotopic (exact) mass is 339 g/mol. The van der Waals surface area contributed by atoms with Crippen molar-refractivity contribution in [1.82, 2.24) is 25.4 Å². The number of urea groups is 1. The molecule has 8 nitrogen and oxygen atoms in total. The van der Waals surface area contributed by atoms with Crippen LogP contribution in [-0.4, -0.2) is 45.2 Å². The summed E-state index contributed by atoms with van der Waals surface area (Å²) in [4.78, 5) is 23.8. The number of hydrogen-bond acceptors (Lipinski definition) is 6. The average Bonchev–Trinajstić information content (AvgIpc) is 2.93. The summed E-state index contributed by atoms with van der Waals surface area (Å²) in [6.45, 7) is 7.85. The van der Waals surface area contributed by atoms with Gasteiger partial charge in [0.15, 0.2) is 5.16 Å². The molecule has 2 N–H and O–H groups in total. The number of thioether (sulfide) groups is 1. The molecule has 0 fully saturated rings. The Hall–Kier alpha value is -2.03. The van der Waals surface area contributed by atoms with E-state index in [-0.39, 0.29) is 18.7 Å². The summed E-state index contributed by atoms with van der Waals surface area (Å²) in [6, 6.07) is -0.500. The second kappa shape index (κ2) is 7.49. The van der Waals surface area contributed by atoms with Crippen molar-refractivity contribution in [3.63, 3.8) is 0 Å². The van der Waals surface area contributed by atoms with E-state index in [2.05, 4.69) is 20.8 Å². The fraction of sp³-hybridized carbons (Fsp3) is 0.571. The molecule has 1 aromatic rings. The minimum Gasteiger partial charge on any atom is -0.463 e. The third-order valence-electron chi connectivity index (χ3n) is 3.31. The van der Waals surface area contributed by atoms with Crippen LogP contribution in [0.3, 0.4) is 0 Å². The highest BCUT2D eigenvalue weighted by atomic mass is 32.2. The van der Waals surface area contributed by atoms with Gasteiger partial charge < -0.3 is 19.9 Å². The maximum absolute atomic E-state index is 12.1. The minimum absolute atomic E-state index is 0.229. The van der Waals surface area contributed by atoms with Crippen molar-refractivity contribution >= 4 is 23.8 Å². The van der Waals surface area contributed by atoms with E-state index in [0.717, 1.165) is 5.16 Å². The average molecular weight is 339 g/mol. The summed E-state index contributed by atoms with van der Waals surface area (Å²) in [5, 5.41) is 14.1. The lowest BCUT2D eigenvalue weighted by Crippen LogP contribution is -2.49. The van der Waals surface area contributed by atoms with Crippen LogP contribution in [0.15, 0.2) is 22.8 Å². The predicted molar refractivity (Wildman–Crippen MR) is 85.9 cm³/mol. The zero-order valence-electron chi connectivity index (χ0n) is 13.6. The molecule has 1 atom stereocenters. The third kappa shape index (κ3) is 4.04. The number of hydrogen-bond donors (Lipinski definition) is 2. The summed E-state index contributed by atoms with van der Waals surface area (Å²) in [5.41, 5.74) is 0.984. The second-order valence-corrected chi connectivity index (χ2v) is 6.28. The van der Waals surface area contributed by atoms with Crippen LogP contribution in [-0.2, 0) is 9.53 Å². The first-order chi connectivity index (χ1) is 10.9. The van der Waals surface area contributed by atoms with E-state index in [1.54, 1.807) is 20.2 Å². The number of carbonyl (C=O) groups is 2. The Morgan fingerprint density at radius 3 is 2.91 bits per heavy atom. The molecule has 1 aliphatic heterocycles. The van der Waals surface area contributed by atoms with Crippen LogP contribution in [0.2, 0.25) is 0 Å². The lowest BCUT2D eigenvalue weighted by Gasteiger charge is -2.26. The van der Waals surface area contributed by atoms with Crippen LogP contribution in [0.5, 0.6) is 0 Å². The normalized spacial score (nSPS) is 18.0. The standard InChI is InChI=1S/C14H21N5O3S/c1-5-22-12(20)11-9(4)16-13(21)17-10(11)6-23-14-18-15-7-19(14)8(2)3/h7-9H,5-6H2,1-4H3,(H2,16,17,21)/t9-/m1/s1. The number of rotatable bonds is 6. The molecule has 0 saturated heterocycles. The van der Waals surface area contributed by atoms with Crippen LogP contribution in [0.25, 0.3) is 0 Å². The molecule has 0 unspecified atom stereocenters. The zero-order valence-corrected chi connectivity index (χ0v) is 14.4. The maximum Gasteiger partial charge on any atom is 0.337 e. The van der Waals surface area contributed by atoms with Gasteiger partial charge in [-0.1, -0.05) is 11.8 Å². The van der Waals surface area contributed by atoms with Crippen LogP contribution in [0.1, 0.15) is 33.7 Å². The van der Waals surface area contributed by atoms with Crippen LogP contribution in [0.4, 0.5) is 4.79 Å². The van der Waals surface area contributed by atoms with Crippen LogP contribution < -0.4 is 10.6 Å². The number of esters is 1. The first kappa shape index (κ1) is 17.3. The van der Waals surface area contributed by atoms with Crippen LogP contribution >= 0.6 is 11.8 Å². The van der Waals surface area contributed by atoms with Gasteiger partial charge in [-0.25, -0.2) is 9.59 Å². The molecule has 2 amide bonds. The van der Waals surface area contributed by atoms with Crippen molar-refractivity contribution in [3.8, 4) is 0 Å². The summed E-state index contributed by atoms with van der Waals surface area (Å²) in [6.07, 6.45) is 1.66. The van der Waals surface area contributed by atoms with Gasteiger partial charge in [0.1, 0.15) is 6.33 Å². The quantitative estimate of drug-likeness (QED) is 0.601. The van der Waals surface area contributed by atoms with E-state index in [1.807, 2.05) is 18.4 Å². The Balaban J connectivity index is 2.21. The second-order valence-electron chi connectivity index (χ2n) is 5.34. The largest absolute Gasteiger partial charge is 0.463 e. The SMILES string of the molecule is CCOC(=O)C1=C(CSc2nncn2C(C)C)NC(=O)N[C@@H]1C. The molecule has 23 heavy (non-hydrogen) atoms. The molecule has 0 aliphatic carbocycles. The molecule has 0 bridgehead atoms. The van der Waals surface area contributed by atoms with Gasteiger partial charge in [0.25, 0.3) is 0 Å². The van der Waals surface area contributed by atoms with Crippen molar-refractivity contribution in [1.29, 1.82) is 0 Å². The van der Waals surface area contributed by atoms with E-state index in [9.17, 15) is 9.59 Å². The molecule has 0 saturated carbocycles. The van der Waals surface area contributed by atoms with Crippen molar-refractivity contribution in [2.24, 2.45) is 0 Å². The maximum atomic E-state index is 12.1. The van der Waals surface area contributed by atoms with Gasteiger partial charge in [0.05, 0.1) is 18.2 Å². The number of nitrogens with zero attached hydrogens (tertiary/aromatic N) is 3. The Kier molecular flexibility index (Phi) is 5.64. The Morgan fingerprint density at radius 2 is 2.26 bits per heavy atom. The van der Waals surface area contributed by atoms with Gasteiger partial charge in [-0.3, -0.25) is 0 Å². The van der Waals surface area contributed by atoms with E-state index in [0.29, 0.717) is 17.0 Å². The molecule has 1 aliphatic rings. The topological polar surface area (TPSA) is 98.1 Å². The van der Waals surface area contributed by atoms with Crippen molar-refractivity contribution in [3.05, 3.63) is 17.6 Å². The molecule has 0 spiro atoms. The van der Waals surface area contributed by atoms with E-state index in [4.69, 9.17) is 4.74 Å². The Morgan fingerprint density at radius 1 is 1.52 bits per heavy atom. The highest BCUT2D eigenvalue weighted by Gasteiger charge is 2.29. The van der Waals surface area contributed by atoms with Crippen molar-refractivity contribution < 1.29 is 14.3 Å². The van der Waals surface area contributed by atoms with E-state index < -0.39 is 12.0 Å². The highest BCUT2D eigenvalue weighted by Crippen LogP contribution is 2.24. The molecule has 1 aromatic heterocycles.